The SMILES string of the molecule is COCCNS(=O)(=O)Nc1nccc(Cl)n1. The van der Waals surface area contributed by atoms with Crippen molar-refractivity contribution in [3.8, 4) is 0 Å². The van der Waals surface area contributed by atoms with Crippen LogP contribution in [-0.2, 0) is 14.9 Å². The van der Waals surface area contributed by atoms with Crippen LogP contribution in [0.3, 0.4) is 0 Å². The van der Waals surface area contributed by atoms with Gasteiger partial charge in [0.1, 0.15) is 5.15 Å². The van der Waals surface area contributed by atoms with E-state index in [1.807, 2.05) is 0 Å². The molecule has 0 bridgehead atoms. The topological polar surface area (TPSA) is 93.2 Å². The van der Waals surface area contributed by atoms with Crippen LogP contribution in [0, 0.1) is 0 Å². The molecule has 1 aromatic heterocycles. The number of methoxy groups -OCH3 is 1. The van der Waals surface area contributed by atoms with Crippen LogP contribution in [0.1, 0.15) is 0 Å². The van der Waals surface area contributed by atoms with E-state index in [1.165, 1.54) is 19.4 Å². The number of ether oxygens (including phenoxy) is 1. The summed E-state index contributed by atoms with van der Waals surface area (Å²) in [5.41, 5.74) is 0. The zero-order valence-corrected chi connectivity index (χ0v) is 10.0. The molecule has 0 amide bonds. The molecular weight excluding hydrogens is 256 g/mol. The predicted octanol–water partition coefficient (Wildman–Crippen LogP) is 0.0227. The number of hydrogen-bond donors (Lipinski definition) is 2. The Bertz CT molecular complexity index is 439. The highest BCUT2D eigenvalue weighted by Crippen LogP contribution is 2.06. The quantitative estimate of drug-likeness (QED) is 0.559. The van der Waals surface area contributed by atoms with E-state index < -0.39 is 10.2 Å². The van der Waals surface area contributed by atoms with E-state index in [2.05, 4.69) is 19.4 Å². The molecule has 90 valence electrons. The van der Waals surface area contributed by atoms with E-state index in [-0.39, 0.29) is 24.3 Å². The zero-order valence-electron chi connectivity index (χ0n) is 8.47. The van der Waals surface area contributed by atoms with Crippen LogP contribution in [0.15, 0.2) is 12.3 Å². The lowest BCUT2D eigenvalue weighted by atomic mass is 10.7. The van der Waals surface area contributed by atoms with E-state index in [0.717, 1.165) is 0 Å². The smallest absolute Gasteiger partial charge is 0.301 e. The van der Waals surface area contributed by atoms with Crippen molar-refractivity contribution in [3.63, 3.8) is 0 Å². The largest absolute Gasteiger partial charge is 0.383 e. The Balaban J connectivity index is 2.59. The molecule has 0 spiro atoms. The van der Waals surface area contributed by atoms with Crippen LogP contribution in [0.5, 0.6) is 0 Å². The van der Waals surface area contributed by atoms with Gasteiger partial charge in [0, 0.05) is 19.9 Å². The number of rotatable bonds is 6. The second kappa shape index (κ2) is 5.94. The third kappa shape index (κ3) is 4.71. The van der Waals surface area contributed by atoms with Gasteiger partial charge in [0.2, 0.25) is 5.95 Å². The molecule has 0 radical (unpaired) electrons. The maximum absolute atomic E-state index is 11.4. The number of nitrogens with one attached hydrogen (secondary N) is 2. The fourth-order valence-electron chi connectivity index (χ4n) is 0.820. The highest BCUT2D eigenvalue weighted by atomic mass is 35.5. The summed E-state index contributed by atoms with van der Waals surface area (Å²) < 4.78 is 31.8. The van der Waals surface area contributed by atoms with Crippen LogP contribution >= 0.6 is 11.6 Å². The third-order valence-corrected chi connectivity index (χ3v) is 2.69. The van der Waals surface area contributed by atoms with Crippen LogP contribution in [0.4, 0.5) is 5.95 Å². The second-order valence-corrected chi connectivity index (χ2v) is 4.58. The lowest BCUT2D eigenvalue weighted by Gasteiger charge is -2.07. The van der Waals surface area contributed by atoms with Crippen molar-refractivity contribution >= 4 is 27.8 Å². The molecular formula is C7H11ClN4O3S. The fourth-order valence-corrected chi connectivity index (χ4v) is 1.72. The Kier molecular flexibility index (Phi) is 4.87. The molecule has 0 aliphatic carbocycles. The molecule has 9 heteroatoms. The summed E-state index contributed by atoms with van der Waals surface area (Å²) in [7, 11) is -2.21. The van der Waals surface area contributed by atoms with Gasteiger partial charge in [-0.3, -0.25) is 0 Å². The fraction of sp³-hybridized carbons (Fsp3) is 0.429. The maximum atomic E-state index is 11.4. The molecule has 0 unspecified atom stereocenters. The molecule has 1 aromatic rings. The van der Waals surface area contributed by atoms with Gasteiger partial charge in [-0.05, 0) is 6.07 Å². The summed E-state index contributed by atoms with van der Waals surface area (Å²) in [5, 5.41) is 0.157. The molecule has 7 nitrogen and oxygen atoms in total. The van der Waals surface area contributed by atoms with Gasteiger partial charge in [-0.25, -0.2) is 14.7 Å². The van der Waals surface area contributed by atoms with E-state index in [9.17, 15) is 8.42 Å². The van der Waals surface area contributed by atoms with Gasteiger partial charge in [0.25, 0.3) is 0 Å². The molecule has 1 heterocycles. The predicted molar refractivity (Wildman–Crippen MR) is 59.5 cm³/mol. The minimum absolute atomic E-state index is 0.0857. The van der Waals surface area contributed by atoms with Gasteiger partial charge >= 0.3 is 10.2 Å². The molecule has 16 heavy (non-hydrogen) atoms. The first kappa shape index (κ1) is 13.1. The number of aromatic nitrogens is 2. The monoisotopic (exact) mass is 266 g/mol. The Hall–Kier alpha value is -0.960. The Morgan fingerprint density at radius 3 is 2.94 bits per heavy atom. The van der Waals surface area contributed by atoms with E-state index in [1.54, 1.807) is 0 Å². The van der Waals surface area contributed by atoms with Crippen molar-refractivity contribution in [1.82, 2.24) is 14.7 Å². The van der Waals surface area contributed by atoms with E-state index in [4.69, 9.17) is 16.3 Å². The van der Waals surface area contributed by atoms with Crippen molar-refractivity contribution < 1.29 is 13.2 Å². The highest BCUT2D eigenvalue weighted by Gasteiger charge is 2.10. The Morgan fingerprint density at radius 2 is 2.31 bits per heavy atom. The summed E-state index contributed by atoms with van der Waals surface area (Å²) in [4.78, 5) is 7.38. The summed E-state index contributed by atoms with van der Waals surface area (Å²) in [5.74, 6) is -0.0857. The van der Waals surface area contributed by atoms with Crippen molar-refractivity contribution in [3.05, 3.63) is 17.4 Å². The Labute approximate surface area is 98.4 Å². The number of halogens is 1. The maximum Gasteiger partial charge on any atom is 0.301 e. The normalized spacial score (nSPS) is 11.4. The summed E-state index contributed by atoms with van der Waals surface area (Å²) in [6.45, 7) is 0.434. The lowest BCUT2D eigenvalue weighted by molar-refractivity contribution is 0.204. The van der Waals surface area contributed by atoms with Crippen LogP contribution < -0.4 is 9.44 Å². The molecule has 0 aliphatic heterocycles. The van der Waals surface area contributed by atoms with Gasteiger partial charge in [-0.2, -0.15) is 13.1 Å². The van der Waals surface area contributed by atoms with Crippen molar-refractivity contribution in [2.24, 2.45) is 0 Å². The molecule has 2 N–H and O–H groups in total. The van der Waals surface area contributed by atoms with Gasteiger partial charge in [-0.15, -0.1) is 0 Å². The van der Waals surface area contributed by atoms with Crippen molar-refractivity contribution in [2.75, 3.05) is 25.0 Å². The summed E-state index contributed by atoms with van der Waals surface area (Å²) in [6, 6.07) is 1.44. The minimum atomic E-state index is -3.69. The number of nitrogens with zero attached hydrogens (tertiary/aromatic N) is 2. The average molecular weight is 267 g/mol. The lowest BCUT2D eigenvalue weighted by Crippen LogP contribution is -2.33. The van der Waals surface area contributed by atoms with Crippen LogP contribution in [0.25, 0.3) is 0 Å². The summed E-state index contributed by atoms with van der Waals surface area (Å²) >= 11 is 5.57. The van der Waals surface area contributed by atoms with Gasteiger partial charge in [0.15, 0.2) is 0 Å². The molecule has 0 aromatic carbocycles. The van der Waals surface area contributed by atoms with E-state index >= 15 is 0 Å². The third-order valence-electron chi connectivity index (χ3n) is 1.45. The first-order valence-corrected chi connectivity index (χ1v) is 6.14. The van der Waals surface area contributed by atoms with Crippen LogP contribution in [-0.4, -0.2) is 38.6 Å². The average Bonchev–Trinajstić information content (AvgIpc) is 2.17. The van der Waals surface area contributed by atoms with Crippen LogP contribution in [0.2, 0.25) is 5.15 Å². The standard InChI is InChI=1S/C7H11ClN4O3S/c1-15-5-4-10-16(13,14)12-7-9-3-2-6(8)11-7/h2-3,10H,4-5H2,1H3,(H,9,11,12). The first-order valence-electron chi connectivity index (χ1n) is 4.28. The molecule has 0 aliphatic rings. The number of anilines is 1. The Morgan fingerprint density at radius 1 is 1.56 bits per heavy atom. The molecule has 0 saturated heterocycles. The minimum Gasteiger partial charge on any atom is -0.383 e. The summed E-state index contributed by atoms with van der Waals surface area (Å²) in [6.07, 6.45) is 1.35. The molecule has 0 fully saturated rings. The number of hydrogen-bond acceptors (Lipinski definition) is 5. The molecule has 0 atom stereocenters. The van der Waals surface area contributed by atoms with Crippen molar-refractivity contribution in [1.29, 1.82) is 0 Å². The van der Waals surface area contributed by atoms with Gasteiger partial charge in [-0.1, -0.05) is 11.6 Å². The van der Waals surface area contributed by atoms with E-state index in [0.29, 0.717) is 0 Å². The van der Waals surface area contributed by atoms with Gasteiger partial charge < -0.3 is 4.74 Å². The highest BCUT2D eigenvalue weighted by molar-refractivity contribution is 7.90. The first-order chi connectivity index (χ1) is 7.53. The molecule has 1 rings (SSSR count). The van der Waals surface area contributed by atoms with Crippen molar-refractivity contribution in [2.45, 2.75) is 0 Å². The van der Waals surface area contributed by atoms with Gasteiger partial charge in [0.05, 0.1) is 6.61 Å². The second-order valence-electron chi connectivity index (χ2n) is 2.70. The zero-order chi connectivity index (χ0) is 12.0. The molecule has 0 saturated carbocycles.